The Labute approximate surface area is 143 Å². The van der Waals surface area contributed by atoms with Crippen LogP contribution in [0.25, 0.3) is 10.9 Å². The molecule has 2 aromatic carbocycles. The van der Waals surface area contributed by atoms with E-state index in [4.69, 9.17) is 0 Å². The van der Waals surface area contributed by atoms with Crippen LogP contribution in [0, 0.1) is 34.6 Å². The highest BCUT2D eigenvalue weighted by atomic mass is 16.1. The molecule has 1 N–H and O–H groups in total. The number of anilines is 1. The van der Waals surface area contributed by atoms with E-state index in [1.807, 2.05) is 48.9 Å². The second-order valence-corrected chi connectivity index (χ2v) is 6.67. The molecule has 3 aromatic rings. The van der Waals surface area contributed by atoms with Crippen LogP contribution in [0.1, 0.15) is 38.3 Å². The molecule has 3 heteroatoms. The topological polar surface area (TPSA) is 34.0 Å². The smallest absolute Gasteiger partial charge is 0.272 e. The fourth-order valence-corrected chi connectivity index (χ4v) is 3.42. The third-order valence-electron chi connectivity index (χ3n) is 5.19. The van der Waals surface area contributed by atoms with Gasteiger partial charge >= 0.3 is 0 Å². The second-order valence-electron chi connectivity index (χ2n) is 6.67. The number of fused-ring (bicyclic) bond motifs is 1. The van der Waals surface area contributed by atoms with Gasteiger partial charge in [0, 0.05) is 18.1 Å². The van der Waals surface area contributed by atoms with Crippen molar-refractivity contribution in [3.63, 3.8) is 0 Å². The number of carbonyl (C=O) groups is 1. The van der Waals surface area contributed by atoms with Gasteiger partial charge in [0.1, 0.15) is 5.69 Å². The van der Waals surface area contributed by atoms with Gasteiger partial charge in [0.2, 0.25) is 0 Å². The molecular weight excluding hydrogens is 296 g/mol. The quantitative estimate of drug-likeness (QED) is 0.710. The first kappa shape index (κ1) is 16.3. The number of benzene rings is 2. The first-order valence-corrected chi connectivity index (χ1v) is 8.25. The third kappa shape index (κ3) is 2.50. The van der Waals surface area contributed by atoms with Gasteiger partial charge in [-0.3, -0.25) is 4.79 Å². The predicted octanol–water partition coefficient (Wildman–Crippen LogP) is 4.97. The van der Waals surface area contributed by atoms with Crippen molar-refractivity contribution < 1.29 is 4.79 Å². The lowest BCUT2D eigenvalue weighted by Crippen LogP contribution is -2.15. The molecule has 0 fully saturated rings. The van der Waals surface area contributed by atoms with Crippen LogP contribution in [0.2, 0.25) is 0 Å². The standard InChI is InChI=1S/C21H24N2O/c1-12-8-7-9-17(10-12)22-21(24)19-11-18-15(4)13(2)14(3)16(5)20(18)23(19)6/h7-11H,1-6H3,(H,22,24). The number of hydrogen-bond donors (Lipinski definition) is 1. The predicted molar refractivity (Wildman–Crippen MR) is 101 cm³/mol. The summed E-state index contributed by atoms with van der Waals surface area (Å²) in [5.41, 5.74) is 8.87. The van der Waals surface area contributed by atoms with E-state index in [0.29, 0.717) is 5.69 Å². The Balaban J connectivity index is 2.10. The Hall–Kier alpha value is -2.55. The number of amides is 1. The maximum Gasteiger partial charge on any atom is 0.272 e. The highest BCUT2D eigenvalue weighted by Crippen LogP contribution is 2.31. The van der Waals surface area contributed by atoms with Gasteiger partial charge in [0.25, 0.3) is 5.91 Å². The summed E-state index contributed by atoms with van der Waals surface area (Å²) in [6.07, 6.45) is 0. The van der Waals surface area contributed by atoms with Gasteiger partial charge in [-0.2, -0.15) is 0 Å². The molecule has 24 heavy (non-hydrogen) atoms. The minimum atomic E-state index is -0.0755. The van der Waals surface area contributed by atoms with E-state index < -0.39 is 0 Å². The Kier molecular flexibility index (Phi) is 3.96. The zero-order valence-corrected chi connectivity index (χ0v) is 15.2. The summed E-state index contributed by atoms with van der Waals surface area (Å²) < 4.78 is 2.01. The molecule has 1 heterocycles. The molecule has 3 nitrogen and oxygen atoms in total. The number of hydrogen-bond acceptors (Lipinski definition) is 1. The van der Waals surface area contributed by atoms with Crippen LogP contribution in [0.3, 0.4) is 0 Å². The molecule has 0 aliphatic carbocycles. The summed E-state index contributed by atoms with van der Waals surface area (Å²) in [6, 6.07) is 9.87. The summed E-state index contributed by atoms with van der Waals surface area (Å²) in [6.45, 7) is 10.6. The van der Waals surface area contributed by atoms with E-state index in [9.17, 15) is 4.79 Å². The molecule has 0 saturated heterocycles. The monoisotopic (exact) mass is 320 g/mol. The SMILES string of the molecule is Cc1cccc(NC(=O)c2cc3c(C)c(C)c(C)c(C)c3n2C)c1. The average Bonchev–Trinajstić information content (AvgIpc) is 2.88. The zero-order valence-electron chi connectivity index (χ0n) is 15.2. The van der Waals surface area contributed by atoms with Gasteiger partial charge in [-0.1, -0.05) is 12.1 Å². The van der Waals surface area contributed by atoms with Gasteiger partial charge in [-0.25, -0.2) is 0 Å². The molecular formula is C21H24N2O. The highest BCUT2D eigenvalue weighted by molar-refractivity contribution is 6.07. The molecule has 0 radical (unpaired) electrons. The van der Waals surface area contributed by atoms with Crippen LogP contribution < -0.4 is 5.32 Å². The normalized spacial score (nSPS) is 11.1. The van der Waals surface area contributed by atoms with Crippen LogP contribution in [-0.2, 0) is 7.05 Å². The van der Waals surface area contributed by atoms with Crippen LogP contribution in [0.15, 0.2) is 30.3 Å². The van der Waals surface area contributed by atoms with E-state index >= 15 is 0 Å². The average molecular weight is 320 g/mol. The zero-order chi connectivity index (χ0) is 17.6. The van der Waals surface area contributed by atoms with Crippen LogP contribution in [0.4, 0.5) is 5.69 Å². The summed E-state index contributed by atoms with van der Waals surface area (Å²) in [5.74, 6) is -0.0755. The lowest BCUT2D eigenvalue weighted by molar-refractivity contribution is 0.102. The van der Waals surface area contributed by atoms with Gasteiger partial charge in [-0.05, 0) is 80.6 Å². The van der Waals surface area contributed by atoms with E-state index in [-0.39, 0.29) is 5.91 Å². The largest absolute Gasteiger partial charge is 0.339 e. The lowest BCUT2D eigenvalue weighted by Gasteiger charge is -2.13. The molecule has 1 amide bonds. The fraction of sp³-hybridized carbons (Fsp3) is 0.286. The van der Waals surface area contributed by atoms with E-state index in [0.717, 1.165) is 22.2 Å². The van der Waals surface area contributed by atoms with Crippen molar-refractivity contribution in [1.82, 2.24) is 4.57 Å². The number of nitrogens with zero attached hydrogens (tertiary/aromatic N) is 1. The number of aryl methyl sites for hydroxylation is 4. The molecule has 124 valence electrons. The summed E-state index contributed by atoms with van der Waals surface area (Å²) >= 11 is 0. The van der Waals surface area contributed by atoms with Gasteiger partial charge < -0.3 is 9.88 Å². The van der Waals surface area contributed by atoms with Gasteiger partial charge in [0.05, 0.1) is 5.52 Å². The van der Waals surface area contributed by atoms with Crippen molar-refractivity contribution in [2.24, 2.45) is 7.05 Å². The third-order valence-corrected chi connectivity index (χ3v) is 5.19. The first-order chi connectivity index (χ1) is 11.3. The van der Waals surface area contributed by atoms with E-state index in [1.165, 1.54) is 22.3 Å². The molecule has 0 spiro atoms. The maximum absolute atomic E-state index is 12.8. The molecule has 0 aliphatic heterocycles. The molecule has 3 rings (SSSR count). The number of nitrogens with one attached hydrogen (secondary N) is 1. The van der Waals surface area contributed by atoms with Gasteiger partial charge in [-0.15, -0.1) is 0 Å². The van der Waals surface area contributed by atoms with Crippen molar-refractivity contribution in [3.8, 4) is 0 Å². The fourth-order valence-electron chi connectivity index (χ4n) is 3.42. The Bertz CT molecular complexity index is 964. The van der Waals surface area contributed by atoms with Crippen molar-refractivity contribution in [2.75, 3.05) is 5.32 Å². The first-order valence-electron chi connectivity index (χ1n) is 8.25. The highest BCUT2D eigenvalue weighted by Gasteiger charge is 2.18. The lowest BCUT2D eigenvalue weighted by atomic mass is 9.96. The maximum atomic E-state index is 12.8. The Morgan fingerprint density at radius 3 is 2.25 bits per heavy atom. The van der Waals surface area contributed by atoms with Crippen LogP contribution >= 0.6 is 0 Å². The summed E-state index contributed by atoms with van der Waals surface area (Å²) in [4.78, 5) is 12.8. The van der Waals surface area contributed by atoms with Crippen LogP contribution in [-0.4, -0.2) is 10.5 Å². The number of aromatic nitrogens is 1. The van der Waals surface area contributed by atoms with Crippen molar-refractivity contribution in [3.05, 3.63) is 63.8 Å². The molecule has 0 unspecified atom stereocenters. The van der Waals surface area contributed by atoms with E-state index in [2.05, 4.69) is 33.0 Å². The Morgan fingerprint density at radius 2 is 1.58 bits per heavy atom. The molecule has 0 aliphatic rings. The summed E-state index contributed by atoms with van der Waals surface area (Å²) in [7, 11) is 1.97. The molecule has 0 atom stereocenters. The van der Waals surface area contributed by atoms with Crippen LogP contribution in [0.5, 0.6) is 0 Å². The van der Waals surface area contributed by atoms with E-state index in [1.54, 1.807) is 0 Å². The van der Waals surface area contributed by atoms with Crippen molar-refractivity contribution in [2.45, 2.75) is 34.6 Å². The van der Waals surface area contributed by atoms with Crippen molar-refractivity contribution in [1.29, 1.82) is 0 Å². The second kappa shape index (κ2) is 5.82. The van der Waals surface area contributed by atoms with Crippen molar-refractivity contribution >= 4 is 22.5 Å². The molecule has 1 aromatic heterocycles. The summed E-state index contributed by atoms with van der Waals surface area (Å²) in [5, 5.41) is 4.17. The van der Waals surface area contributed by atoms with Gasteiger partial charge in [0.15, 0.2) is 0 Å². The Morgan fingerprint density at radius 1 is 0.917 bits per heavy atom. The minimum Gasteiger partial charge on any atom is -0.339 e. The molecule has 0 bridgehead atoms. The number of carbonyl (C=O) groups excluding carboxylic acids is 1. The molecule has 0 saturated carbocycles. The number of rotatable bonds is 2. The minimum absolute atomic E-state index is 0.0755.